The first kappa shape index (κ1) is 10.3. The predicted octanol–water partition coefficient (Wildman–Crippen LogP) is 1.24. The number of hydrogen-bond donors (Lipinski definition) is 1. The number of fused-ring (bicyclic) bond motifs is 2. The standard InChI is InChI=1S/C9H18N2.ClH/c1-7(2)11-5-8-3-9(10,4-8)6-11;/h7-8H,3-6,10H2,1-2H3;1H. The van der Waals surface area contributed by atoms with Gasteiger partial charge in [-0.15, -0.1) is 12.4 Å². The van der Waals surface area contributed by atoms with Crippen molar-refractivity contribution in [2.24, 2.45) is 11.7 Å². The zero-order chi connectivity index (χ0) is 8.06. The van der Waals surface area contributed by atoms with Crippen LogP contribution in [0.25, 0.3) is 0 Å². The Balaban J connectivity index is 0.000000720. The van der Waals surface area contributed by atoms with Crippen molar-refractivity contribution in [2.75, 3.05) is 13.1 Å². The Hall–Kier alpha value is 0.210. The molecule has 0 atom stereocenters. The number of nitrogens with two attached hydrogens (primary N) is 1. The minimum Gasteiger partial charge on any atom is -0.324 e. The van der Waals surface area contributed by atoms with Gasteiger partial charge in [-0.1, -0.05) is 0 Å². The van der Waals surface area contributed by atoms with E-state index in [0.29, 0.717) is 6.04 Å². The van der Waals surface area contributed by atoms with Gasteiger partial charge in [-0.2, -0.15) is 0 Å². The second kappa shape index (κ2) is 3.17. The SMILES string of the molecule is CC(C)N1CC2CC(N)(C2)C1.Cl. The van der Waals surface area contributed by atoms with E-state index in [2.05, 4.69) is 18.7 Å². The predicted molar refractivity (Wildman–Crippen MR) is 53.6 cm³/mol. The summed E-state index contributed by atoms with van der Waals surface area (Å²) in [4.78, 5) is 2.51. The van der Waals surface area contributed by atoms with Crippen molar-refractivity contribution in [1.82, 2.24) is 4.90 Å². The summed E-state index contributed by atoms with van der Waals surface area (Å²) in [5.74, 6) is 0.913. The Morgan fingerprint density at radius 3 is 2.33 bits per heavy atom. The molecule has 2 saturated heterocycles. The van der Waals surface area contributed by atoms with Gasteiger partial charge in [0.25, 0.3) is 0 Å². The maximum Gasteiger partial charge on any atom is 0.0289 e. The average Bonchev–Trinajstić information content (AvgIpc) is 1.84. The van der Waals surface area contributed by atoms with Crippen LogP contribution in [0.3, 0.4) is 0 Å². The molecular formula is C9H19ClN2. The molecule has 0 aromatic carbocycles. The molecule has 2 bridgehead atoms. The van der Waals surface area contributed by atoms with Gasteiger partial charge in [0.15, 0.2) is 0 Å². The Bertz CT molecular complexity index is 164. The van der Waals surface area contributed by atoms with Crippen molar-refractivity contribution in [1.29, 1.82) is 0 Å². The molecule has 0 unspecified atom stereocenters. The summed E-state index contributed by atoms with van der Waals surface area (Å²) in [6, 6.07) is 0.682. The lowest BCUT2D eigenvalue weighted by molar-refractivity contribution is -0.0124. The topological polar surface area (TPSA) is 29.3 Å². The lowest BCUT2D eigenvalue weighted by Crippen LogP contribution is -2.66. The molecule has 3 rings (SSSR count). The lowest BCUT2D eigenvalue weighted by atomic mass is 9.65. The van der Waals surface area contributed by atoms with Crippen molar-refractivity contribution in [2.45, 2.75) is 38.3 Å². The molecule has 0 aromatic rings. The maximum atomic E-state index is 6.13. The quantitative estimate of drug-likeness (QED) is 0.674. The molecule has 1 saturated carbocycles. The molecule has 3 aliphatic rings. The molecule has 2 N–H and O–H groups in total. The van der Waals surface area contributed by atoms with Crippen molar-refractivity contribution in [3.63, 3.8) is 0 Å². The van der Waals surface area contributed by atoms with Crippen LogP contribution in [-0.4, -0.2) is 29.6 Å². The van der Waals surface area contributed by atoms with Gasteiger partial charge in [0.05, 0.1) is 0 Å². The molecule has 0 radical (unpaired) electrons. The fourth-order valence-electron chi connectivity index (χ4n) is 2.54. The van der Waals surface area contributed by atoms with Crippen LogP contribution in [0, 0.1) is 5.92 Å². The van der Waals surface area contributed by atoms with Crippen molar-refractivity contribution < 1.29 is 0 Å². The van der Waals surface area contributed by atoms with Gasteiger partial charge >= 0.3 is 0 Å². The van der Waals surface area contributed by atoms with E-state index < -0.39 is 0 Å². The second-order valence-electron chi connectivity index (χ2n) is 4.66. The highest BCUT2D eigenvalue weighted by molar-refractivity contribution is 5.85. The van der Waals surface area contributed by atoms with Crippen LogP contribution in [0.2, 0.25) is 0 Å². The summed E-state index contributed by atoms with van der Waals surface area (Å²) < 4.78 is 0. The van der Waals surface area contributed by atoms with E-state index in [4.69, 9.17) is 5.73 Å². The maximum absolute atomic E-state index is 6.13. The third-order valence-corrected chi connectivity index (χ3v) is 3.13. The molecule has 0 amide bonds. The van der Waals surface area contributed by atoms with E-state index >= 15 is 0 Å². The van der Waals surface area contributed by atoms with Gasteiger partial charge in [-0.05, 0) is 32.6 Å². The third-order valence-electron chi connectivity index (χ3n) is 3.13. The molecule has 1 aliphatic carbocycles. The van der Waals surface area contributed by atoms with Crippen LogP contribution in [0.5, 0.6) is 0 Å². The first-order valence-corrected chi connectivity index (χ1v) is 4.62. The second-order valence-corrected chi connectivity index (χ2v) is 4.66. The molecule has 2 heterocycles. The van der Waals surface area contributed by atoms with Gasteiger partial charge in [0.1, 0.15) is 0 Å². The van der Waals surface area contributed by atoms with E-state index in [-0.39, 0.29) is 17.9 Å². The molecule has 3 fully saturated rings. The average molecular weight is 191 g/mol. The number of halogens is 1. The van der Waals surface area contributed by atoms with Crippen molar-refractivity contribution >= 4 is 12.4 Å². The Morgan fingerprint density at radius 2 is 2.00 bits per heavy atom. The number of piperidine rings is 2. The van der Waals surface area contributed by atoms with Crippen LogP contribution in [0.15, 0.2) is 0 Å². The van der Waals surface area contributed by atoms with Gasteiger partial charge in [-0.3, -0.25) is 4.90 Å². The minimum atomic E-state index is 0. The fraction of sp³-hybridized carbons (Fsp3) is 1.00. The summed E-state index contributed by atoms with van der Waals surface area (Å²) in [7, 11) is 0. The minimum absolute atomic E-state index is 0. The van der Waals surface area contributed by atoms with E-state index in [1.165, 1.54) is 19.4 Å². The normalized spacial score (nSPS) is 40.5. The largest absolute Gasteiger partial charge is 0.324 e. The highest BCUT2D eigenvalue weighted by Gasteiger charge is 2.47. The zero-order valence-electron chi connectivity index (χ0n) is 7.92. The van der Waals surface area contributed by atoms with Crippen LogP contribution < -0.4 is 5.73 Å². The molecule has 3 heteroatoms. The monoisotopic (exact) mass is 190 g/mol. The Morgan fingerprint density at radius 1 is 1.42 bits per heavy atom. The highest BCUT2D eigenvalue weighted by Crippen LogP contribution is 2.41. The zero-order valence-corrected chi connectivity index (χ0v) is 8.73. The number of hydrogen-bond acceptors (Lipinski definition) is 2. The van der Waals surface area contributed by atoms with E-state index in [0.717, 1.165) is 12.5 Å². The molecule has 0 aromatic heterocycles. The number of nitrogens with zero attached hydrogens (tertiary/aromatic N) is 1. The third kappa shape index (κ3) is 1.61. The van der Waals surface area contributed by atoms with Gasteiger partial charge < -0.3 is 5.73 Å². The first-order chi connectivity index (χ1) is 5.09. The molecule has 72 valence electrons. The summed E-state index contributed by atoms with van der Waals surface area (Å²) in [5.41, 5.74) is 6.33. The lowest BCUT2D eigenvalue weighted by Gasteiger charge is -2.55. The number of rotatable bonds is 1. The van der Waals surface area contributed by atoms with Crippen molar-refractivity contribution in [3.05, 3.63) is 0 Å². The molecule has 12 heavy (non-hydrogen) atoms. The molecular weight excluding hydrogens is 172 g/mol. The van der Waals surface area contributed by atoms with Crippen LogP contribution in [0.1, 0.15) is 26.7 Å². The Kier molecular flexibility index (Phi) is 2.72. The van der Waals surface area contributed by atoms with Gasteiger partial charge in [0, 0.05) is 24.7 Å². The summed E-state index contributed by atoms with van der Waals surface area (Å²) >= 11 is 0. The summed E-state index contributed by atoms with van der Waals surface area (Å²) in [5, 5.41) is 0. The fourth-order valence-corrected chi connectivity index (χ4v) is 2.54. The molecule has 2 aliphatic heterocycles. The van der Waals surface area contributed by atoms with E-state index in [9.17, 15) is 0 Å². The first-order valence-electron chi connectivity index (χ1n) is 4.62. The van der Waals surface area contributed by atoms with Crippen LogP contribution >= 0.6 is 12.4 Å². The van der Waals surface area contributed by atoms with Crippen LogP contribution in [0.4, 0.5) is 0 Å². The summed E-state index contributed by atoms with van der Waals surface area (Å²) in [6.45, 7) is 6.93. The Labute approximate surface area is 80.9 Å². The molecule has 2 nitrogen and oxygen atoms in total. The highest BCUT2D eigenvalue weighted by atomic mass is 35.5. The smallest absolute Gasteiger partial charge is 0.0289 e. The van der Waals surface area contributed by atoms with Gasteiger partial charge in [-0.25, -0.2) is 0 Å². The van der Waals surface area contributed by atoms with E-state index in [1.807, 2.05) is 0 Å². The van der Waals surface area contributed by atoms with Crippen LogP contribution in [-0.2, 0) is 0 Å². The molecule has 0 spiro atoms. The summed E-state index contributed by atoms with van der Waals surface area (Å²) in [6.07, 6.45) is 2.55. The van der Waals surface area contributed by atoms with Crippen molar-refractivity contribution in [3.8, 4) is 0 Å². The van der Waals surface area contributed by atoms with E-state index in [1.54, 1.807) is 0 Å². The van der Waals surface area contributed by atoms with Gasteiger partial charge in [0.2, 0.25) is 0 Å².